The van der Waals surface area contributed by atoms with Crippen molar-refractivity contribution in [2.45, 2.75) is 322 Å². The van der Waals surface area contributed by atoms with E-state index in [1.54, 1.807) is 0 Å². The van der Waals surface area contributed by atoms with E-state index in [2.05, 4.69) is 57.2 Å². The number of hydrogen-bond acceptors (Lipinski definition) is 6. The average Bonchev–Trinajstić information content (AvgIpc) is 3.33. The molecule has 0 heterocycles. The molecule has 0 radical (unpaired) electrons. The van der Waals surface area contributed by atoms with E-state index in [0.717, 1.165) is 64.2 Å². The Kier molecular flexibility index (Phi) is 54.2. The maximum atomic E-state index is 12.8. The van der Waals surface area contributed by atoms with E-state index in [1.807, 2.05) is 0 Å². The fourth-order valence-electron chi connectivity index (χ4n) is 8.65. The van der Waals surface area contributed by atoms with Gasteiger partial charge in [-0.15, -0.1) is 0 Å². The lowest BCUT2D eigenvalue weighted by atomic mass is 10.1. The molecule has 0 saturated carbocycles. The first kappa shape index (κ1) is 64.6. The molecule has 0 fully saturated rings. The Bertz CT molecular complexity index is 1130. The van der Waals surface area contributed by atoms with Crippen LogP contribution in [0.2, 0.25) is 0 Å². The van der Waals surface area contributed by atoms with Crippen LogP contribution in [0.5, 0.6) is 0 Å². The molecule has 0 aliphatic rings. The van der Waals surface area contributed by atoms with Crippen LogP contribution in [0.25, 0.3) is 0 Å². The summed E-state index contributed by atoms with van der Waals surface area (Å²) in [7, 11) is 0. The maximum Gasteiger partial charge on any atom is 0.306 e. The lowest BCUT2D eigenvalue weighted by Gasteiger charge is -2.18. The summed E-state index contributed by atoms with van der Waals surface area (Å²) in [4.78, 5) is 38.0. The first-order chi connectivity index (χ1) is 33.0. The Labute approximate surface area is 416 Å². The SMILES string of the molecule is CCCCCCC/C=C\C/C=C\CCCCCCCCCCCC(=O)OCC(COC(=O)CCCCCCCCC)OC(=O)CCCCCCCCCCC/C=C\CCCCCCCCCC. The van der Waals surface area contributed by atoms with Crippen molar-refractivity contribution in [2.75, 3.05) is 13.2 Å². The third kappa shape index (κ3) is 54.4. The zero-order chi connectivity index (χ0) is 48.6. The van der Waals surface area contributed by atoms with Gasteiger partial charge in [-0.05, 0) is 77.0 Å². The zero-order valence-corrected chi connectivity index (χ0v) is 44.9. The third-order valence-electron chi connectivity index (χ3n) is 13.1. The quantitative estimate of drug-likeness (QED) is 0.0262. The molecule has 6 heteroatoms. The first-order valence-corrected chi connectivity index (χ1v) is 29.5. The normalized spacial score (nSPS) is 12.2. The summed E-state index contributed by atoms with van der Waals surface area (Å²) < 4.78 is 16.8. The Balaban J connectivity index is 4.17. The lowest BCUT2D eigenvalue weighted by molar-refractivity contribution is -0.167. The van der Waals surface area contributed by atoms with Crippen molar-refractivity contribution in [3.8, 4) is 0 Å². The number of carbonyl (C=O) groups excluding carboxylic acids is 3. The summed E-state index contributed by atoms with van der Waals surface area (Å²) >= 11 is 0. The number of rotatable bonds is 54. The lowest BCUT2D eigenvalue weighted by Crippen LogP contribution is -2.30. The van der Waals surface area contributed by atoms with Crippen molar-refractivity contribution in [1.29, 1.82) is 0 Å². The summed E-state index contributed by atoms with van der Waals surface area (Å²) in [5.41, 5.74) is 0. The van der Waals surface area contributed by atoms with Gasteiger partial charge in [0, 0.05) is 19.3 Å². The Morgan fingerprint density at radius 3 is 0.836 bits per heavy atom. The van der Waals surface area contributed by atoms with Crippen LogP contribution in [-0.4, -0.2) is 37.2 Å². The van der Waals surface area contributed by atoms with Gasteiger partial charge in [0.05, 0.1) is 0 Å². The molecule has 0 aliphatic heterocycles. The summed E-state index contributed by atoms with van der Waals surface area (Å²) in [5.74, 6) is -0.869. The average molecular weight is 942 g/mol. The fraction of sp³-hybridized carbons (Fsp3) is 0.852. The minimum absolute atomic E-state index is 0.0718. The van der Waals surface area contributed by atoms with Crippen LogP contribution in [0.4, 0.5) is 0 Å². The van der Waals surface area contributed by atoms with Gasteiger partial charge in [0.1, 0.15) is 13.2 Å². The van der Waals surface area contributed by atoms with Gasteiger partial charge in [0.25, 0.3) is 0 Å². The number of ether oxygens (including phenoxy) is 3. The Morgan fingerprint density at radius 2 is 0.537 bits per heavy atom. The largest absolute Gasteiger partial charge is 0.462 e. The molecule has 0 amide bonds. The van der Waals surface area contributed by atoms with Crippen LogP contribution in [0, 0.1) is 0 Å². The van der Waals surface area contributed by atoms with E-state index < -0.39 is 6.10 Å². The standard InChI is InChI=1S/C61H112O6/c1-4-7-10-13-16-18-20-22-24-26-28-30-32-34-36-38-40-42-45-48-51-54-60(63)66-57-58(56-65-59(62)53-50-47-44-15-12-9-6-3)67-61(64)55-52-49-46-43-41-39-37-35-33-31-29-27-25-23-21-19-17-14-11-8-5-2/h20,22,26-29,58H,4-19,21,23-25,30-57H2,1-3H3/b22-20-,28-26-,29-27-. The molecule has 0 rings (SSSR count). The second kappa shape index (κ2) is 56.2. The molecular formula is C61H112O6. The van der Waals surface area contributed by atoms with Crippen LogP contribution in [0.15, 0.2) is 36.5 Å². The predicted octanol–water partition coefficient (Wildman–Crippen LogP) is 19.7. The number of hydrogen-bond donors (Lipinski definition) is 0. The van der Waals surface area contributed by atoms with Crippen molar-refractivity contribution >= 4 is 17.9 Å². The van der Waals surface area contributed by atoms with E-state index in [1.165, 1.54) is 212 Å². The van der Waals surface area contributed by atoms with E-state index in [4.69, 9.17) is 14.2 Å². The van der Waals surface area contributed by atoms with Crippen molar-refractivity contribution in [1.82, 2.24) is 0 Å². The van der Waals surface area contributed by atoms with E-state index in [-0.39, 0.29) is 31.1 Å². The fourth-order valence-corrected chi connectivity index (χ4v) is 8.65. The highest BCUT2D eigenvalue weighted by molar-refractivity contribution is 5.71. The molecule has 6 nitrogen and oxygen atoms in total. The van der Waals surface area contributed by atoms with Crippen molar-refractivity contribution < 1.29 is 28.6 Å². The van der Waals surface area contributed by atoms with Gasteiger partial charge >= 0.3 is 17.9 Å². The van der Waals surface area contributed by atoms with E-state index in [9.17, 15) is 14.4 Å². The van der Waals surface area contributed by atoms with Crippen LogP contribution in [0.1, 0.15) is 316 Å². The molecule has 1 unspecified atom stereocenters. The number of esters is 3. The minimum atomic E-state index is -0.771. The Morgan fingerprint density at radius 1 is 0.299 bits per heavy atom. The van der Waals surface area contributed by atoms with E-state index in [0.29, 0.717) is 19.3 Å². The summed E-state index contributed by atoms with van der Waals surface area (Å²) in [6.45, 7) is 6.62. The molecule has 0 saturated heterocycles. The van der Waals surface area contributed by atoms with Gasteiger partial charge in [-0.3, -0.25) is 14.4 Å². The monoisotopic (exact) mass is 941 g/mol. The molecule has 0 aromatic carbocycles. The van der Waals surface area contributed by atoms with Gasteiger partial charge in [-0.1, -0.05) is 256 Å². The van der Waals surface area contributed by atoms with Crippen LogP contribution in [0.3, 0.4) is 0 Å². The van der Waals surface area contributed by atoms with Crippen molar-refractivity contribution in [2.24, 2.45) is 0 Å². The van der Waals surface area contributed by atoms with Gasteiger partial charge < -0.3 is 14.2 Å². The molecule has 0 aromatic heterocycles. The summed E-state index contributed by atoms with van der Waals surface area (Å²) in [6.07, 6.45) is 67.3. The van der Waals surface area contributed by atoms with Gasteiger partial charge in [-0.2, -0.15) is 0 Å². The smallest absolute Gasteiger partial charge is 0.306 e. The number of carbonyl (C=O) groups is 3. The molecule has 0 bridgehead atoms. The molecule has 67 heavy (non-hydrogen) atoms. The zero-order valence-electron chi connectivity index (χ0n) is 44.9. The van der Waals surface area contributed by atoms with Crippen molar-refractivity contribution in [3.05, 3.63) is 36.5 Å². The first-order valence-electron chi connectivity index (χ1n) is 29.5. The van der Waals surface area contributed by atoms with E-state index >= 15 is 0 Å². The second-order valence-corrected chi connectivity index (χ2v) is 19.9. The molecule has 1 atom stereocenters. The minimum Gasteiger partial charge on any atom is -0.462 e. The highest BCUT2D eigenvalue weighted by Crippen LogP contribution is 2.16. The highest BCUT2D eigenvalue weighted by atomic mass is 16.6. The topological polar surface area (TPSA) is 78.9 Å². The molecule has 0 aliphatic carbocycles. The van der Waals surface area contributed by atoms with Gasteiger partial charge in [0.15, 0.2) is 6.10 Å². The predicted molar refractivity (Wildman–Crippen MR) is 289 cm³/mol. The summed E-state index contributed by atoms with van der Waals surface area (Å²) in [6, 6.07) is 0. The second-order valence-electron chi connectivity index (χ2n) is 19.9. The maximum absolute atomic E-state index is 12.8. The van der Waals surface area contributed by atoms with Gasteiger partial charge in [0.2, 0.25) is 0 Å². The molecular weight excluding hydrogens is 829 g/mol. The molecule has 0 N–H and O–H groups in total. The van der Waals surface area contributed by atoms with Crippen LogP contribution in [-0.2, 0) is 28.6 Å². The molecule has 0 spiro atoms. The van der Waals surface area contributed by atoms with Crippen LogP contribution < -0.4 is 0 Å². The Hall–Kier alpha value is -2.37. The van der Waals surface area contributed by atoms with Crippen LogP contribution >= 0.6 is 0 Å². The highest BCUT2D eigenvalue weighted by Gasteiger charge is 2.19. The molecule has 392 valence electrons. The van der Waals surface area contributed by atoms with Gasteiger partial charge in [-0.25, -0.2) is 0 Å². The number of unbranched alkanes of at least 4 members (excludes halogenated alkanes) is 37. The summed E-state index contributed by atoms with van der Waals surface area (Å²) in [5, 5.41) is 0. The van der Waals surface area contributed by atoms with Crippen molar-refractivity contribution in [3.63, 3.8) is 0 Å². The number of allylic oxidation sites excluding steroid dienone is 6. The molecule has 0 aromatic rings. The third-order valence-corrected chi connectivity index (χ3v) is 13.1.